The Morgan fingerprint density at radius 2 is 1.67 bits per heavy atom. The first-order valence-corrected chi connectivity index (χ1v) is 10.9. The Morgan fingerprint density at radius 1 is 0.900 bits per heavy atom. The number of fused-ring (bicyclic) bond motifs is 2. The molecule has 1 fully saturated rings. The molecule has 6 rings (SSSR count). The van der Waals surface area contributed by atoms with Gasteiger partial charge in [0.15, 0.2) is 5.78 Å². The molecule has 30 heavy (non-hydrogen) atoms. The molecule has 3 atom stereocenters. The number of nitrogens with zero attached hydrogens (tertiary/aromatic N) is 2. The second kappa shape index (κ2) is 6.66. The Hall–Kier alpha value is -3.20. The lowest BCUT2D eigenvalue weighted by molar-refractivity contribution is -0.110. The van der Waals surface area contributed by atoms with Gasteiger partial charge in [-0.3, -0.25) is 9.79 Å². The molecule has 0 N–H and O–H groups in total. The van der Waals surface area contributed by atoms with Crippen LogP contribution in [0.2, 0.25) is 0 Å². The summed E-state index contributed by atoms with van der Waals surface area (Å²) in [5.74, 6) is 0.748. The Kier molecular flexibility index (Phi) is 3.92. The van der Waals surface area contributed by atoms with Crippen LogP contribution in [0.1, 0.15) is 42.7 Å². The van der Waals surface area contributed by atoms with Crippen molar-refractivity contribution < 1.29 is 4.79 Å². The standard InChI is InChI=1S/C27H24N2O/c30-21-14-15-24-26(17-21)29-25(20-11-5-2-6-12-20)18-22(19-9-3-1-4-10-19)23-13-7-8-16-27(23,29)28-24/h1-6,9-12,14-15,17-18,22-23H,7-8,13,16H2/t22-,23+,27-/m0/s1. The van der Waals surface area contributed by atoms with E-state index < -0.39 is 0 Å². The minimum absolute atomic E-state index is 0.0472. The molecule has 0 bridgehead atoms. The van der Waals surface area contributed by atoms with E-state index in [0.717, 1.165) is 30.7 Å². The lowest BCUT2D eigenvalue weighted by Crippen LogP contribution is -2.54. The molecule has 0 amide bonds. The second-order valence-corrected chi connectivity index (χ2v) is 8.68. The average Bonchev–Trinajstić information content (AvgIpc) is 3.12. The number of rotatable bonds is 2. The highest BCUT2D eigenvalue weighted by atomic mass is 16.1. The summed E-state index contributed by atoms with van der Waals surface area (Å²) in [6.45, 7) is 0. The van der Waals surface area contributed by atoms with Gasteiger partial charge in [0.1, 0.15) is 5.66 Å². The maximum atomic E-state index is 12.3. The first kappa shape index (κ1) is 17.6. The number of benzene rings is 2. The van der Waals surface area contributed by atoms with Gasteiger partial charge < -0.3 is 4.90 Å². The predicted octanol–water partition coefficient (Wildman–Crippen LogP) is 5.49. The highest BCUT2D eigenvalue weighted by Crippen LogP contribution is 2.57. The number of allylic oxidation sites excluding steroid dienone is 4. The topological polar surface area (TPSA) is 32.7 Å². The molecular formula is C27H24N2O. The van der Waals surface area contributed by atoms with Gasteiger partial charge in [0.2, 0.25) is 0 Å². The Balaban J connectivity index is 1.61. The molecule has 1 saturated carbocycles. The molecule has 148 valence electrons. The molecule has 2 aliphatic heterocycles. The van der Waals surface area contributed by atoms with E-state index in [9.17, 15) is 4.79 Å². The zero-order valence-corrected chi connectivity index (χ0v) is 16.9. The van der Waals surface area contributed by atoms with E-state index in [-0.39, 0.29) is 11.4 Å². The summed E-state index contributed by atoms with van der Waals surface area (Å²) in [4.78, 5) is 20.1. The fraction of sp³-hybridized carbons (Fsp3) is 0.259. The Morgan fingerprint density at radius 3 is 2.47 bits per heavy atom. The number of carbonyl (C=O) groups is 1. The first-order chi connectivity index (χ1) is 14.8. The van der Waals surface area contributed by atoms with E-state index in [1.807, 2.05) is 6.08 Å². The van der Waals surface area contributed by atoms with Crippen LogP contribution in [-0.2, 0) is 4.79 Å². The molecule has 0 saturated heterocycles. The highest BCUT2D eigenvalue weighted by Gasteiger charge is 2.56. The number of hydrogen-bond acceptors (Lipinski definition) is 3. The Labute approximate surface area is 177 Å². The summed E-state index contributed by atoms with van der Waals surface area (Å²) in [5.41, 5.74) is 5.33. The lowest BCUT2D eigenvalue weighted by atomic mass is 9.66. The van der Waals surface area contributed by atoms with E-state index in [1.165, 1.54) is 23.2 Å². The summed E-state index contributed by atoms with van der Waals surface area (Å²) >= 11 is 0. The van der Waals surface area contributed by atoms with Gasteiger partial charge >= 0.3 is 0 Å². The van der Waals surface area contributed by atoms with Crippen LogP contribution in [0.25, 0.3) is 5.70 Å². The number of carbonyl (C=O) groups excluding carboxylic acids is 1. The molecule has 0 unspecified atom stereocenters. The van der Waals surface area contributed by atoms with E-state index in [4.69, 9.17) is 4.99 Å². The van der Waals surface area contributed by atoms with Crippen LogP contribution in [-0.4, -0.2) is 22.1 Å². The van der Waals surface area contributed by atoms with Crippen LogP contribution in [0.4, 0.5) is 0 Å². The zero-order chi connectivity index (χ0) is 20.1. The van der Waals surface area contributed by atoms with Crippen molar-refractivity contribution >= 4 is 17.2 Å². The number of ketones is 1. The number of aliphatic imine (C=N–C) groups is 1. The molecule has 1 spiro atoms. The van der Waals surface area contributed by atoms with Crippen LogP contribution in [0, 0.1) is 5.92 Å². The quantitative estimate of drug-likeness (QED) is 0.633. The predicted molar refractivity (Wildman–Crippen MR) is 120 cm³/mol. The van der Waals surface area contributed by atoms with Crippen molar-refractivity contribution in [3.63, 3.8) is 0 Å². The lowest BCUT2D eigenvalue weighted by Gasteiger charge is -2.53. The fourth-order valence-corrected chi connectivity index (χ4v) is 5.83. The third-order valence-electron chi connectivity index (χ3n) is 7.06. The van der Waals surface area contributed by atoms with Crippen molar-refractivity contribution in [2.75, 3.05) is 0 Å². The molecule has 2 aromatic carbocycles. The summed E-state index contributed by atoms with van der Waals surface area (Å²) in [7, 11) is 0. The third kappa shape index (κ3) is 2.51. The van der Waals surface area contributed by atoms with Gasteiger partial charge in [-0.15, -0.1) is 0 Å². The first-order valence-electron chi connectivity index (χ1n) is 10.9. The summed E-state index contributed by atoms with van der Waals surface area (Å²) in [6.07, 6.45) is 12.3. The van der Waals surface area contributed by atoms with Crippen molar-refractivity contribution in [2.45, 2.75) is 37.3 Å². The normalized spacial score (nSPS) is 29.4. The second-order valence-electron chi connectivity index (χ2n) is 8.68. The minimum Gasteiger partial charge on any atom is -0.313 e. The van der Waals surface area contributed by atoms with E-state index in [0.29, 0.717) is 11.8 Å². The maximum Gasteiger partial charge on any atom is 0.180 e. The van der Waals surface area contributed by atoms with Crippen molar-refractivity contribution in [1.29, 1.82) is 0 Å². The largest absolute Gasteiger partial charge is 0.313 e. The van der Waals surface area contributed by atoms with Crippen molar-refractivity contribution in [2.24, 2.45) is 10.9 Å². The molecule has 2 aliphatic carbocycles. The highest BCUT2D eigenvalue weighted by molar-refractivity contribution is 6.21. The van der Waals surface area contributed by atoms with Crippen LogP contribution in [0.15, 0.2) is 95.7 Å². The van der Waals surface area contributed by atoms with Crippen LogP contribution in [0.5, 0.6) is 0 Å². The summed E-state index contributed by atoms with van der Waals surface area (Å²) in [5, 5.41) is 0. The van der Waals surface area contributed by atoms with Gasteiger partial charge in [0, 0.05) is 23.6 Å². The molecule has 3 nitrogen and oxygen atoms in total. The van der Waals surface area contributed by atoms with Crippen LogP contribution >= 0.6 is 0 Å². The van der Waals surface area contributed by atoms with Gasteiger partial charge in [-0.25, -0.2) is 0 Å². The van der Waals surface area contributed by atoms with Crippen molar-refractivity contribution in [3.8, 4) is 0 Å². The smallest absolute Gasteiger partial charge is 0.180 e. The number of hydrogen-bond donors (Lipinski definition) is 0. The van der Waals surface area contributed by atoms with Gasteiger partial charge in [-0.2, -0.15) is 0 Å². The minimum atomic E-state index is -0.311. The molecule has 2 heterocycles. The van der Waals surface area contributed by atoms with E-state index in [2.05, 4.69) is 71.6 Å². The molecular weight excluding hydrogens is 368 g/mol. The molecule has 2 aromatic rings. The maximum absolute atomic E-state index is 12.3. The molecule has 0 radical (unpaired) electrons. The van der Waals surface area contributed by atoms with Gasteiger partial charge in [-0.1, -0.05) is 73.2 Å². The molecule has 3 heteroatoms. The fourth-order valence-electron chi connectivity index (χ4n) is 5.83. The summed E-state index contributed by atoms with van der Waals surface area (Å²) < 4.78 is 0. The van der Waals surface area contributed by atoms with Crippen LogP contribution < -0.4 is 0 Å². The van der Waals surface area contributed by atoms with Crippen molar-refractivity contribution in [1.82, 2.24) is 4.90 Å². The average molecular weight is 393 g/mol. The van der Waals surface area contributed by atoms with Gasteiger partial charge in [0.25, 0.3) is 0 Å². The molecule has 4 aliphatic rings. The van der Waals surface area contributed by atoms with E-state index >= 15 is 0 Å². The van der Waals surface area contributed by atoms with Crippen LogP contribution in [0.3, 0.4) is 0 Å². The third-order valence-corrected chi connectivity index (χ3v) is 7.06. The SMILES string of the molecule is O=C1C=CC2=N[C@]34CCCC[C@@H]3[C@H](c3ccccc3)C=C(c3ccccc3)N4C2=C1. The summed E-state index contributed by atoms with van der Waals surface area (Å²) in [6, 6.07) is 21.4. The van der Waals surface area contributed by atoms with Gasteiger partial charge in [0.05, 0.1) is 11.4 Å². The molecule has 0 aromatic heterocycles. The zero-order valence-electron chi connectivity index (χ0n) is 16.9. The van der Waals surface area contributed by atoms with Gasteiger partial charge in [-0.05, 0) is 42.5 Å². The monoisotopic (exact) mass is 392 g/mol. The Bertz CT molecular complexity index is 1130. The van der Waals surface area contributed by atoms with E-state index in [1.54, 1.807) is 12.2 Å². The van der Waals surface area contributed by atoms with Crippen molar-refractivity contribution in [3.05, 3.63) is 102 Å².